The average molecular weight is 184 g/mol. The lowest BCUT2D eigenvalue weighted by atomic mass is 10.1. The van der Waals surface area contributed by atoms with Crippen molar-refractivity contribution in [3.05, 3.63) is 36.9 Å². The summed E-state index contributed by atoms with van der Waals surface area (Å²) in [5.41, 5.74) is 4.25. The van der Waals surface area contributed by atoms with Crippen LogP contribution in [-0.4, -0.2) is 20.2 Å². The smallest absolute Gasteiger partial charge is 0.0931 e. The van der Waals surface area contributed by atoms with E-state index in [0.29, 0.717) is 0 Å². The molecule has 0 aliphatic heterocycles. The van der Waals surface area contributed by atoms with Crippen molar-refractivity contribution in [3.63, 3.8) is 0 Å². The number of imidazole rings is 1. The Balaban J connectivity index is 2.23. The molecule has 0 saturated carbocycles. The molecule has 0 atom stereocenters. The Bertz CT molecular complexity index is 550. The first-order valence-corrected chi connectivity index (χ1v) is 4.36. The number of hydrogen-bond donors (Lipinski definition) is 2. The van der Waals surface area contributed by atoms with Gasteiger partial charge in [-0.2, -0.15) is 5.10 Å². The van der Waals surface area contributed by atoms with E-state index in [1.807, 2.05) is 18.3 Å². The first kappa shape index (κ1) is 7.32. The van der Waals surface area contributed by atoms with Gasteiger partial charge < -0.3 is 4.98 Å². The number of benzene rings is 1. The van der Waals surface area contributed by atoms with Gasteiger partial charge in [0.05, 0.1) is 23.6 Å². The molecule has 0 unspecified atom stereocenters. The normalized spacial score (nSPS) is 10.9. The summed E-state index contributed by atoms with van der Waals surface area (Å²) in [5.74, 6) is 0. The van der Waals surface area contributed by atoms with Gasteiger partial charge in [-0.3, -0.25) is 5.10 Å². The van der Waals surface area contributed by atoms with E-state index in [1.54, 1.807) is 12.5 Å². The second-order valence-corrected chi connectivity index (χ2v) is 3.12. The molecule has 2 N–H and O–H groups in total. The van der Waals surface area contributed by atoms with E-state index in [0.717, 1.165) is 22.2 Å². The minimum absolute atomic E-state index is 0.984. The molecule has 0 aliphatic rings. The van der Waals surface area contributed by atoms with Crippen molar-refractivity contribution in [3.8, 4) is 11.1 Å². The fraction of sp³-hybridized carbons (Fsp3) is 0. The lowest BCUT2D eigenvalue weighted by molar-refractivity contribution is 1.09. The summed E-state index contributed by atoms with van der Waals surface area (Å²) in [6, 6.07) is 6.09. The van der Waals surface area contributed by atoms with Gasteiger partial charge in [0.15, 0.2) is 0 Å². The standard InChI is InChI=1S/C10H8N4/c1-2-9-10(12-6-11-9)3-7(1)8-4-13-14-5-8/h1-6H,(H,11,12)(H,13,14). The van der Waals surface area contributed by atoms with Crippen molar-refractivity contribution in [2.75, 3.05) is 0 Å². The molecule has 1 aromatic carbocycles. The molecule has 0 aliphatic carbocycles. The number of fused-ring (bicyclic) bond motifs is 1. The van der Waals surface area contributed by atoms with Crippen LogP contribution < -0.4 is 0 Å². The van der Waals surface area contributed by atoms with Gasteiger partial charge in [-0.05, 0) is 17.7 Å². The van der Waals surface area contributed by atoms with Gasteiger partial charge in [-0.1, -0.05) is 6.07 Å². The molecule has 3 aromatic rings. The predicted molar refractivity (Wildman–Crippen MR) is 53.7 cm³/mol. The maximum Gasteiger partial charge on any atom is 0.0931 e. The van der Waals surface area contributed by atoms with Crippen molar-refractivity contribution in [1.82, 2.24) is 20.2 Å². The fourth-order valence-electron chi connectivity index (χ4n) is 1.52. The number of nitrogens with zero attached hydrogens (tertiary/aromatic N) is 2. The highest BCUT2D eigenvalue weighted by Crippen LogP contribution is 2.21. The van der Waals surface area contributed by atoms with Gasteiger partial charge in [0.2, 0.25) is 0 Å². The number of aromatic nitrogens is 4. The molecule has 2 aromatic heterocycles. The minimum Gasteiger partial charge on any atom is -0.345 e. The summed E-state index contributed by atoms with van der Waals surface area (Å²) in [4.78, 5) is 7.24. The Morgan fingerprint density at radius 3 is 3.00 bits per heavy atom. The third-order valence-electron chi connectivity index (χ3n) is 2.25. The van der Waals surface area contributed by atoms with Crippen molar-refractivity contribution in [2.45, 2.75) is 0 Å². The molecule has 0 saturated heterocycles. The minimum atomic E-state index is 0.984. The Hall–Kier alpha value is -2.10. The van der Waals surface area contributed by atoms with E-state index in [2.05, 4.69) is 26.2 Å². The third-order valence-corrected chi connectivity index (χ3v) is 2.25. The summed E-state index contributed by atoms with van der Waals surface area (Å²) in [6.07, 6.45) is 5.37. The summed E-state index contributed by atoms with van der Waals surface area (Å²) in [6.45, 7) is 0. The predicted octanol–water partition coefficient (Wildman–Crippen LogP) is 1.95. The number of nitrogens with one attached hydrogen (secondary N) is 2. The molecule has 0 amide bonds. The Morgan fingerprint density at radius 1 is 1.14 bits per heavy atom. The van der Waals surface area contributed by atoms with E-state index in [-0.39, 0.29) is 0 Å². The quantitative estimate of drug-likeness (QED) is 0.607. The molecule has 68 valence electrons. The highest BCUT2D eigenvalue weighted by atomic mass is 15.1. The van der Waals surface area contributed by atoms with Crippen LogP contribution in [0.2, 0.25) is 0 Å². The average Bonchev–Trinajstić information content (AvgIpc) is 2.88. The third kappa shape index (κ3) is 1.01. The summed E-state index contributed by atoms with van der Waals surface area (Å²) in [7, 11) is 0. The van der Waals surface area contributed by atoms with E-state index >= 15 is 0 Å². The lowest BCUT2D eigenvalue weighted by Gasteiger charge is -1.95. The molecule has 0 fully saturated rings. The van der Waals surface area contributed by atoms with Crippen LogP contribution in [0.5, 0.6) is 0 Å². The summed E-state index contributed by atoms with van der Waals surface area (Å²) in [5, 5.41) is 6.71. The van der Waals surface area contributed by atoms with E-state index in [1.165, 1.54) is 0 Å². The zero-order chi connectivity index (χ0) is 9.38. The van der Waals surface area contributed by atoms with Gasteiger partial charge >= 0.3 is 0 Å². The summed E-state index contributed by atoms with van der Waals surface area (Å²) >= 11 is 0. The van der Waals surface area contributed by atoms with Gasteiger partial charge in [0.25, 0.3) is 0 Å². The Labute approximate surface area is 80.0 Å². The maximum atomic E-state index is 4.16. The topological polar surface area (TPSA) is 57.4 Å². The monoisotopic (exact) mass is 184 g/mol. The van der Waals surface area contributed by atoms with E-state index in [9.17, 15) is 0 Å². The zero-order valence-corrected chi connectivity index (χ0v) is 7.36. The van der Waals surface area contributed by atoms with Gasteiger partial charge in [0, 0.05) is 11.8 Å². The second-order valence-electron chi connectivity index (χ2n) is 3.12. The van der Waals surface area contributed by atoms with Gasteiger partial charge in [0.1, 0.15) is 0 Å². The van der Waals surface area contributed by atoms with Crippen LogP contribution in [0.3, 0.4) is 0 Å². The van der Waals surface area contributed by atoms with Crippen LogP contribution in [0.4, 0.5) is 0 Å². The largest absolute Gasteiger partial charge is 0.345 e. The van der Waals surface area contributed by atoms with Crippen LogP contribution in [0.25, 0.3) is 22.2 Å². The first-order valence-electron chi connectivity index (χ1n) is 4.36. The number of aromatic amines is 2. The highest BCUT2D eigenvalue weighted by molar-refractivity contribution is 5.81. The molecule has 4 heteroatoms. The molecular formula is C10H8N4. The Morgan fingerprint density at radius 2 is 2.14 bits per heavy atom. The second kappa shape index (κ2) is 2.70. The molecule has 4 nitrogen and oxygen atoms in total. The number of H-pyrrole nitrogens is 2. The Kier molecular flexibility index (Phi) is 1.41. The van der Waals surface area contributed by atoms with E-state index < -0.39 is 0 Å². The SMILES string of the molecule is c1nc2ccc(-c3cn[nH]c3)cc2[nH]1. The van der Waals surface area contributed by atoms with Gasteiger partial charge in [-0.15, -0.1) is 0 Å². The molecule has 14 heavy (non-hydrogen) atoms. The van der Waals surface area contributed by atoms with Crippen LogP contribution in [0.1, 0.15) is 0 Å². The number of hydrogen-bond acceptors (Lipinski definition) is 2. The zero-order valence-electron chi connectivity index (χ0n) is 7.36. The molecule has 0 spiro atoms. The van der Waals surface area contributed by atoms with Crippen LogP contribution in [-0.2, 0) is 0 Å². The van der Waals surface area contributed by atoms with Crippen molar-refractivity contribution in [1.29, 1.82) is 0 Å². The van der Waals surface area contributed by atoms with Crippen molar-refractivity contribution in [2.24, 2.45) is 0 Å². The van der Waals surface area contributed by atoms with Crippen molar-refractivity contribution >= 4 is 11.0 Å². The fourth-order valence-corrected chi connectivity index (χ4v) is 1.52. The van der Waals surface area contributed by atoms with Crippen LogP contribution in [0.15, 0.2) is 36.9 Å². The molecule has 0 bridgehead atoms. The molecular weight excluding hydrogens is 176 g/mol. The first-order chi connectivity index (χ1) is 6.93. The van der Waals surface area contributed by atoms with E-state index in [4.69, 9.17) is 0 Å². The number of rotatable bonds is 1. The molecule has 2 heterocycles. The maximum absolute atomic E-state index is 4.16. The lowest BCUT2D eigenvalue weighted by Crippen LogP contribution is -1.74. The highest BCUT2D eigenvalue weighted by Gasteiger charge is 2.01. The van der Waals surface area contributed by atoms with Gasteiger partial charge in [-0.25, -0.2) is 4.98 Å². The van der Waals surface area contributed by atoms with Crippen LogP contribution in [0, 0.1) is 0 Å². The van der Waals surface area contributed by atoms with Crippen LogP contribution >= 0.6 is 0 Å². The van der Waals surface area contributed by atoms with Crippen molar-refractivity contribution < 1.29 is 0 Å². The molecule has 3 rings (SSSR count). The summed E-state index contributed by atoms with van der Waals surface area (Å²) < 4.78 is 0. The molecule has 0 radical (unpaired) electrons.